The molecule has 1 heterocycles. The van der Waals surface area contributed by atoms with Crippen molar-refractivity contribution in [2.24, 2.45) is 5.73 Å². The molecule has 2 aromatic carbocycles. The van der Waals surface area contributed by atoms with Gasteiger partial charge in [-0.05, 0) is 34.9 Å². The third-order valence-corrected chi connectivity index (χ3v) is 4.04. The number of nitrogens with two attached hydrogens (primary N) is 1. The molecule has 0 aliphatic rings. The Morgan fingerprint density at radius 1 is 1.22 bits per heavy atom. The molecule has 1 aromatic heterocycles. The minimum absolute atomic E-state index is 0.0784. The summed E-state index contributed by atoms with van der Waals surface area (Å²) in [5.41, 5.74) is 6.82. The van der Waals surface area contributed by atoms with E-state index >= 15 is 0 Å². The lowest BCUT2D eigenvalue weighted by atomic mass is 9.91. The zero-order valence-corrected chi connectivity index (χ0v) is 14.3. The fourth-order valence-corrected chi connectivity index (χ4v) is 2.89. The molecule has 7 nitrogen and oxygen atoms in total. The molecule has 138 valence electrons. The topological polar surface area (TPSA) is 119 Å². The highest BCUT2D eigenvalue weighted by Crippen LogP contribution is 2.32. The van der Waals surface area contributed by atoms with Gasteiger partial charge in [0.15, 0.2) is 0 Å². The van der Waals surface area contributed by atoms with Crippen molar-refractivity contribution in [2.45, 2.75) is 19.3 Å². The van der Waals surface area contributed by atoms with E-state index in [9.17, 15) is 19.1 Å². The van der Waals surface area contributed by atoms with Crippen LogP contribution in [0.3, 0.4) is 0 Å². The van der Waals surface area contributed by atoms with Crippen molar-refractivity contribution in [3.05, 3.63) is 71.2 Å². The first kappa shape index (κ1) is 18.2. The average molecular weight is 369 g/mol. The third-order valence-electron chi connectivity index (χ3n) is 4.04. The molecule has 1 atom stereocenters. The van der Waals surface area contributed by atoms with Gasteiger partial charge < -0.3 is 15.3 Å². The van der Waals surface area contributed by atoms with Crippen molar-refractivity contribution in [1.82, 2.24) is 10.2 Å². The van der Waals surface area contributed by atoms with E-state index in [0.29, 0.717) is 16.7 Å². The number of rotatable bonds is 6. The first-order valence-electron chi connectivity index (χ1n) is 8.06. The number of hydrogen-bond donors (Lipinski definition) is 2. The fourth-order valence-electron chi connectivity index (χ4n) is 2.89. The van der Waals surface area contributed by atoms with E-state index in [1.165, 1.54) is 12.1 Å². The van der Waals surface area contributed by atoms with Crippen LogP contribution in [0.15, 0.2) is 46.9 Å². The highest BCUT2D eigenvalue weighted by atomic mass is 19.1. The fraction of sp³-hybridized carbons (Fsp3) is 0.158. The Morgan fingerprint density at radius 2 is 1.96 bits per heavy atom. The molecule has 3 N–H and O–H groups in total. The predicted molar refractivity (Wildman–Crippen MR) is 93.5 cm³/mol. The van der Waals surface area contributed by atoms with Crippen LogP contribution in [0, 0.1) is 12.7 Å². The summed E-state index contributed by atoms with van der Waals surface area (Å²) in [6.07, 6.45) is -0.359. The Labute approximate surface area is 153 Å². The molecule has 27 heavy (non-hydrogen) atoms. The lowest BCUT2D eigenvalue weighted by Crippen LogP contribution is -2.12. The van der Waals surface area contributed by atoms with Crippen LogP contribution in [-0.4, -0.2) is 27.2 Å². The lowest BCUT2D eigenvalue weighted by molar-refractivity contribution is -0.137. The minimum atomic E-state index is -1.10. The van der Waals surface area contributed by atoms with Gasteiger partial charge in [-0.2, -0.15) is 0 Å². The zero-order chi connectivity index (χ0) is 19.6. The van der Waals surface area contributed by atoms with Gasteiger partial charge in [0.25, 0.3) is 0 Å². The highest BCUT2D eigenvalue weighted by Gasteiger charge is 2.25. The van der Waals surface area contributed by atoms with Crippen LogP contribution < -0.4 is 5.73 Å². The SMILES string of the molecule is Cc1nnc(C(CC(=O)O)c2cc(F)cc(-c3ccccc3C(N)=O)c2)o1. The van der Waals surface area contributed by atoms with E-state index in [1.54, 1.807) is 37.3 Å². The quantitative estimate of drug-likeness (QED) is 0.689. The molecule has 0 spiro atoms. The van der Waals surface area contributed by atoms with E-state index in [0.717, 1.165) is 0 Å². The first-order valence-corrected chi connectivity index (χ1v) is 8.06. The summed E-state index contributed by atoms with van der Waals surface area (Å²) in [5, 5.41) is 16.8. The maximum atomic E-state index is 14.3. The third kappa shape index (κ3) is 4.00. The maximum absolute atomic E-state index is 14.3. The maximum Gasteiger partial charge on any atom is 0.304 e. The number of carboxylic acids is 1. The standard InChI is InChI=1S/C19H16FN3O4/c1-10-22-23-19(27-10)16(9-17(24)25)12-6-11(7-13(20)8-12)14-4-2-3-5-15(14)18(21)26/h2-8,16H,9H2,1H3,(H2,21,26)(H,24,25). The molecule has 0 radical (unpaired) electrons. The van der Waals surface area contributed by atoms with Crippen molar-refractivity contribution < 1.29 is 23.5 Å². The van der Waals surface area contributed by atoms with Crippen molar-refractivity contribution in [2.75, 3.05) is 0 Å². The van der Waals surface area contributed by atoms with Crippen molar-refractivity contribution in [1.29, 1.82) is 0 Å². The predicted octanol–water partition coefficient (Wildman–Crippen LogP) is 2.89. The van der Waals surface area contributed by atoms with E-state index < -0.39 is 23.6 Å². The Hall–Kier alpha value is -3.55. The monoisotopic (exact) mass is 369 g/mol. The zero-order valence-electron chi connectivity index (χ0n) is 14.3. The largest absolute Gasteiger partial charge is 0.481 e. The molecule has 0 fully saturated rings. The van der Waals surface area contributed by atoms with Crippen LogP contribution >= 0.6 is 0 Å². The van der Waals surface area contributed by atoms with Crippen LogP contribution in [0.2, 0.25) is 0 Å². The summed E-state index contributed by atoms with van der Waals surface area (Å²) < 4.78 is 19.7. The van der Waals surface area contributed by atoms with E-state index in [-0.39, 0.29) is 23.8 Å². The summed E-state index contributed by atoms with van der Waals surface area (Å²) in [7, 11) is 0. The van der Waals surface area contributed by atoms with Gasteiger partial charge in [-0.15, -0.1) is 10.2 Å². The van der Waals surface area contributed by atoms with Gasteiger partial charge in [-0.3, -0.25) is 9.59 Å². The summed E-state index contributed by atoms with van der Waals surface area (Å²) in [6.45, 7) is 1.58. The lowest BCUT2D eigenvalue weighted by Gasteiger charge is -2.14. The second-order valence-corrected chi connectivity index (χ2v) is 5.99. The number of benzene rings is 2. The summed E-state index contributed by atoms with van der Waals surface area (Å²) in [6, 6.07) is 10.6. The Morgan fingerprint density at radius 3 is 2.59 bits per heavy atom. The molecule has 0 aliphatic heterocycles. The molecular weight excluding hydrogens is 353 g/mol. The minimum Gasteiger partial charge on any atom is -0.481 e. The van der Waals surface area contributed by atoms with Gasteiger partial charge in [-0.1, -0.05) is 24.3 Å². The van der Waals surface area contributed by atoms with E-state index in [1.807, 2.05) is 0 Å². The number of aromatic nitrogens is 2. The average Bonchev–Trinajstić information content (AvgIpc) is 3.05. The van der Waals surface area contributed by atoms with E-state index in [4.69, 9.17) is 10.2 Å². The highest BCUT2D eigenvalue weighted by molar-refractivity contribution is 5.99. The smallest absolute Gasteiger partial charge is 0.304 e. The summed E-state index contributed by atoms with van der Waals surface area (Å²) in [5.74, 6) is -2.82. The van der Waals surface area contributed by atoms with Crippen molar-refractivity contribution >= 4 is 11.9 Å². The Bertz CT molecular complexity index is 1020. The number of carboxylic acid groups (broad SMARTS) is 1. The van der Waals surface area contributed by atoms with Crippen LogP contribution in [0.1, 0.15) is 40.0 Å². The molecule has 1 amide bonds. The molecule has 0 saturated carbocycles. The normalized spacial score (nSPS) is 11.9. The van der Waals surface area contributed by atoms with Gasteiger partial charge in [-0.25, -0.2) is 4.39 Å². The Balaban J connectivity index is 2.14. The molecule has 3 rings (SSSR count). The number of nitrogens with zero attached hydrogens (tertiary/aromatic N) is 2. The van der Waals surface area contributed by atoms with Gasteiger partial charge in [0.1, 0.15) is 5.82 Å². The Kier molecular flexibility index (Phi) is 4.98. The summed E-state index contributed by atoms with van der Waals surface area (Å²) in [4.78, 5) is 23.0. The number of aliphatic carboxylic acids is 1. The van der Waals surface area contributed by atoms with Crippen molar-refractivity contribution in [3.8, 4) is 11.1 Å². The molecule has 0 aliphatic carbocycles. The molecule has 0 bridgehead atoms. The van der Waals surface area contributed by atoms with Crippen molar-refractivity contribution in [3.63, 3.8) is 0 Å². The van der Waals surface area contributed by atoms with Crippen LogP contribution in [0.4, 0.5) is 4.39 Å². The molecular formula is C19H16FN3O4. The van der Waals surface area contributed by atoms with Crippen LogP contribution in [0.5, 0.6) is 0 Å². The van der Waals surface area contributed by atoms with Gasteiger partial charge >= 0.3 is 5.97 Å². The summed E-state index contributed by atoms with van der Waals surface area (Å²) >= 11 is 0. The number of amides is 1. The number of primary amides is 1. The van der Waals surface area contributed by atoms with Gasteiger partial charge in [0.2, 0.25) is 17.7 Å². The second kappa shape index (κ2) is 7.36. The van der Waals surface area contributed by atoms with Crippen LogP contribution in [-0.2, 0) is 4.79 Å². The molecule has 8 heteroatoms. The number of carbonyl (C=O) groups excluding carboxylic acids is 1. The molecule has 1 unspecified atom stereocenters. The number of carbonyl (C=O) groups is 2. The first-order chi connectivity index (χ1) is 12.8. The molecule has 3 aromatic rings. The second-order valence-electron chi connectivity index (χ2n) is 5.99. The van der Waals surface area contributed by atoms with E-state index in [2.05, 4.69) is 10.2 Å². The number of aryl methyl sites for hydroxylation is 1. The van der Waals surface area contributed by atoms with Gasteiger partial charge in [0.05, 0.1) is 12.3 Å². The van der Waals surface area contributed by atoms with Crippen LogP contribution in [0.25, 0.3) is 11.1 Å². The number of halogens is 1. The number of hydrogen-bond acceptors (Lipinski definition) is 5. The molecule has 0 saturated heterocycles. The van der Waals surface area contributed by atoms with Gasteiger partial charge in [0, 0.05) is 12.5 Å².